The zero-order chi connectivity index (χ0) is 15.7. The third-order valence-electron chi connectivity index (χ3n) is 3.04. The van der Waals surface area contributed by atoms with E-state index in [1.54, 1.807) is 13.2 Å². The third-order valence-corrected chi connectivity index (χ3v) is 3.04. The number of carbonyl (C=O) groups excluding carboxylic acids is 1. The van der Waals surface area contributed by atoms with Gasteiger partial charge >= 0.3 is 0 Å². The van der Waals surface area contributed by atoms with Crippen LogP contribution >= 0.6 is 0 Å². The number of benzene rings is 1. The average Bonchev–Trinajstić information content (AvgIpc) is 2.46. The molecule has 0 saturated heterocycles. The van der Waals surface area contributed by atoms with E-state index in [0.717, 1.165) is 12.8 Å². The van der Waals surface area contributed by atoms with Gasteiger partial charge in [0.25, 0.3) is 0 Å². The summed E-state index contributed by atoms with van der Waals surface area (Å²) < 4.78 is 10.9. The van der Waals surface area contributed by atoms with Gasteiger partial charge in [0.1, 0.15) is 11.5 Å². The van der Waals surface area contributed by atoms with Crippen molar-refractivity contribution in [2.24, 2.45) is 5.73 Å². The first-order valence-corrected chi connectivity index (χ1v) is 7.43. The zero-order valence-electron chi connectivity index (χ0n) is 13.1. The van der Waals surface area contributed by atoms with Gasteiger partial charge < -0.3 is 20.5 Å². The molecule has 21 heavy (non-hydrogen) atoms. The largest absolute Gasteiger partial charge is 0.497 e. The van der Waals surface area contributed by atoms with Crippen LogP contribution in [0, 0.1) is 0 Å². The number of rotatable bonds is 9. The Morgan fingerprint density at radius 2 is 2.19 bits per heavy atom. The number of carbonyl (C=O) groups is 1. The number of hydrogen-bond donors (Lipinski definition) is 2. The smallest absolute Gasteiger partial charge is 0.224 e. The average molecular weight is 294 g/mol. The third kappa shape index (κ3) is 6.49. The van der Waals surface area contributed by atoms with Gasteiger partial charge in [0.2, 0.25) is 5.91 Å². The minimum atomic E-state index is -0.0686. The maximum Gasteiger partial charge on any atom is 0.224 e. The molecule has 0 aliphatic heterocycles. The van der Waals surface area contributed by atoms with Gasteiger partial charge in [-0.1, -0.05) is 13.3 Å². The molecule has 1 unspecified atom stereocenters. The van der Waals surface area contributed by atoms with Crippen molar-refractivity contribution in [3.8, 4) is 11.5 Å². The highest BCUT2D eigenvalue weighted by Crippen LogP contribution is 2.29. The predicted molar refractivity (Wildman–Crippen MR) is 84.9 cm³/mol. The number of methoxy groups -OCH3 is 1. The Morgan fingerprint density at radius 1 is 1.43 bits per heavy atom. The molecular weight excluding hydrogens is 268 g/mol. The minimum absolute atomic E-state index is 0.0151. The van der Waals surface area contributed by atoms with Gasteiger partial charge in [-0.15, -0.1) is 0 Å². The number of amides is 1. The Kier molecular flexibility index (Phi) is 7.61. The van der Waals surface area contributed by atoms with Gasteiger partial charge in [-0.25, -0.2) is 0 Å². The Bertz CT molecular complexity index is 447. The molecule has 1 rings (SSSR count). The molecule has 0 bridgehead atoms. The molecule has 0 aliphatic carbocycles. The molecule has 0 spiro atoms. The molecule has 3 N–H and O–H groups in total. The summed E-state index contributed by atoms with van der Waals surface area (Å²) in [7, 11) is 1.59. The van der Waals surface area contributed by atoms with E-state index in [2.05, 4.69) is 12.2 Å². The van der Waals surface area contributed by atoms with E-state index in [9.17, 15) is 4.79 Å². The number of nitrogens with two attached hydrogens (primary N) is 1. The molecule has 0 heterocycles. The van der Waals surface area contributed by atoms with Crippen LogP contribution in [0.15, 0.2) is 18.2 Å². The number of ether oxygens (including phenoxy) is 2. The van der Waals surface area contributed by atoms with E-state index >= 15 is 0 Å². The maximum absolute atomic E-state index is 11.9. The highest BCUT2D eigenvalue weighted by atomic mass is 16.5. The quantitative estimate of drug-likeness (QED) is 0.687. The van der Waals surface area contributed by atoms with Gasteiger partial charge in [0.05, 0.1) is 19.4 Å². The Hall–Kier alpha value is -1.75. The summed E-state index contributed by atoms with van der Waals surface area (Å²) >= 11 is 0. The molecular formula is C16H26N2O3. The van der Waals surface area contributed by atoms with Gasteiger partial charge in [0, 0.05) is 18.5 Å². The second-order valence-corrected chi connectivity index (χ2v) is 5.13. The van der Waals surface area contributed by atoms with Gasteiger partial charge in [-0.05, 0) is 31.9 Å². The lowest BCUT2D eigenvalue weighted by Crippen LogP contribution is -2.19. The summed E-state index contributed by atoms with van der Waals surface area (Å²) in [6.45, 7) is 4.62. The van der Waals surface area contributed by atoms with Crippen LogP contribution in [0.1, 0.15) is 39.5 Å². The fourth-order valence-electron chi connectivity index (χ4n) is 1.76. The topological polar surface area (TPSA) is 73.6 Å². The fourth-order valence-corrected chi connectivity index (χ4v) is 1.76. The van der Waals surface area contributed by atoms with Crippen LogP contribution in [0.2, 0.25) is 0 Å². The number of nitrogens with one attached hydrogen (secondary N) is 1. The first kappa shape index (κ1) is 17.3. The van der Waals surface area contributed by atoms with Crippen molar-refractivity contribution in [3.05, 3.63) is 18.2 Å². The molecule has 5 nitrogen and oxygen atoms in total. The summed E-state index contributed by atoms with van der Waals surface area (Å²) in [5.41, 5.74) is 6.30. The van der Waals surface area contributed by atoms with Crippen LogP contribution in [0.25, 0.3) is 0 Å². The molecule has 1 aromatic carbocycles. The lowest BCUT2D eigenvalue weighted by molar-refractivity contribution is -0.116. The zero-order valence-corrected chi connectivity index (χ0v) is 13.1. The van der Waals surface area contributed by atoms with Crippen LogP contribution in [-0.2, 0) is 4.79 Å². The SMILES string of the molecule is CCCCOc1ccc(OC)cc1NC(=O)CCC(C)N. The Labute approximate surface area is 126 Å². The Morgan fingerprint density at radius 3 is 2.81 bits per heavy atom. The molecule has 5 heteroatoms. The van der Waals surface area contributed by atoms with Crippen LogP contribution in [-0.4, -0.2) is 25.7 Å². The van der Waals surface area contributed by atoms with Crippen molar-refractivity contribution in [3.63, 3.8) is 0 Å². The van der Waals surface area contributed by atoms with Crippen molar-refractivity contribution in [1.29, 1.82) is 0 Å². The first-order chi connectivity index (χ1) is 10.1. The van der Waals surface area contributed by atoms with E-state index in [1.807, 2.05) is 19.1 Å². The summed E-state index contributed by atoms with van der Waals surface area (Å²) in [6, 6.07) is 5.42. The minimum Gasteiger partial charge on any atom is -0.497 e. The standard InChI is InChI=1S/C16H26N2O3/c1-4-5-10-21-15-8-7-13(20-3)11-14(15)18-16(19)9-6-12(2)17/h7-8,11-12H,4-6,9-10,17H2,1-3H3,(H,18,19). The first-order valence-electron chi connectivity index (χ1n) is 7.43. The monoisotopic (exact) mass is 294 g/mol. The van der Waals surface area contributed by atoms with E-state index in [1.165, 1.54) is 0 Å². The summed E-state index contributed by atoms with van der Waals surface area (Å²) in [5, 5.41) is 2.87. The summed E-state index contributed by atoms with van der Waals surface area (Å²) in [5.74, 6) is 1.28. The molecule has 0 fully saturated rings. The van der Waals surface area contributed by atoms with Crippen molar-refractivity contribution in [2.75, 3.05) is 19.0 Å². The van der Waals surface area contributed by atoms with E-state index in [0.29, 0.717) is 36.6 Å². The highest BCUT2D eigenvalue weighted by molar-refractivity contribution is 5.92. The van der Waals surface area contributed by atoms with Crippen LogP contribution in [0.4, 0.5) is 5.69 Å². The lowest BCUT2D eigenvalue weighted by Gasteiger charge is -2.14. The summed E-state index contributed by atoms with van der Waals surface area (Å²) in [4.78, 5) is 11.9. The van der Waals surface area contributed by atoms with Crippen molar-refractivity contribution < 1.29 is 14.3 Å². The maximum atomic E-state index is 11.9. The van der Waals surface area contributed by atoms with Crippen molar-refractivity contribution in [2.45, 2.75) is 45.6 Å². The summed E-state index contributed by atoms with van der Waals surface area (Å²) in [6.07, 6.45) is 3.08. The van der Waals surface area contributed by atoms with Crippen LogP contribution in [0.5, 0.6) is 11.5 Å². The van der Waals surface area contributed by atoms with Gasteiger partial charge in [-0.3, -0.25) is 4.79 Å². The molecule has 0 radical (unpaired) electrons. The molecule has 118 valence electrons. The fraction of sp³-hybridized carbons (Fsp3) is 0.562. The number of anilines is 1. The van der Waals surface area contributed by atoms with E-state index < -0.39 is 0 Å². The van der Waals surface area contributed by atoms with Crippen LogP contribution < -0.4 is 20.5 Å². The van der Waals surface area contributed by atoms with Crippen molar-refractivity contribution >= 4 is 11.6 Å². The van der Waals surface area contributed by atoms with E-state index in [-0.39, 0.29) is 11.9 Å². The molecule has 1 atom stereocenters. The molecule has 1 amide bonds. The molecule has 1 aromatic rings. The number of hydrogen-bond acceptors (Lipinski definition) is 4. The molecule has 0 saturated carbocycles. The number of unbranched alkanes of at least 4 members (excludes halogenated alkanes) is 1. The normalized spacial score (nSPS) is 11.8. The Balaban J connectivity index is 2.73. The second kappa shape index (κ2) is 9.23. The van der Waals surface area contributed by atoms with E-state index in [4.69, 9.17) is 15.2 Å². The predicted octanol–water partition coefficient (Wildman–Crippen LogP) is 2.94. The lowest BCUT2D eigenvalue weighted by atomic mass is 10.2. The highest BCUT2D eigenvalue weighted by Gasteiger charge is 2.10. The van der Waals surface area contributed by atoms with Gasteiger partial charge in [-0.2, -0.15) is 0 Å². The molecule has 0 aromatic heterocycles. The second-order valence-electron chi connectivity index (χ2n) is 5.13. The van der Waals surface area contributed by atoms with Gasteiger partial charge in [0.15, 0.2) is 0 Å². The van der Waals surface area contributed by atoms with Crippen molar-refractivity contribution in [1.82, 2.24) is 0 Å². The van der Waals surface area contributed by atoms with Crippen LogP contribution in [0.3, 0.4) is 0 Å². The molecule has 0 aliphatic rings.